The van der Waals surface area contributed by atoms with Crippen molar-refractivity contribution >= 4 is 0 Å². The van der Waals surface area contributed by atoms with E-state index >= 15 is 0 Å². The first-order valence-electron chi connectivity index (χ1n) is 8.40. The quantitative estimate of drug-likeness (QED) is 0.735. The monoisotopic (exact) mass is 283 g/mol. The summed E-state index contributed by atoms with van der Waals surface area (Å²) in [6, 6.07) is 1.56. The number of methoxy groups -OCH3 is 1. The smallest absolute Gasteiger partial charge is 0.0589 e. The van der Waals surface area contributed by atoms with Crippen molar-refractivity contribution in [3.8, 4) is 0 Å². The van der Waals surface area contributed by atoms with Gasteiger partial charge in [-0.15, -0.1) is 0 Å². The van der Waals surface area contributed by atoms with E-state index in [1.54, 1.807) is 0 Å². The number of rotatable bonds is 6. The lowest BCUT2D eigenvalue weighted by Crippen LogP contribution is -2.52. The van der Waals surface area contributed by atoms with Crippen molar-refractivity contribution in [2.75, 3.05) is 60.0 Å². The van der Waals surface area contributed by atoms with Gasteiger partial charge in [-0.3, -0.25) is 4.90 Å². The maximum atomic E-state index is 5.35. The second-order valence-corrected chi connectivity index (χ2v) is 6.43. The number of likely N-dealkylation sites (tertiary alicyclic amines) is 2. The van der Waals surface area contributed by atoms with Crippen molar-refractivity contribution < 1.29 is 4.74 Å². The van der Waals surface area contributed by atoms with Crippen LogP contribution in [0.1, 0.15) is 32.6 Å². The summed E-state index contributed by atoms with van der Waals surface area (Å²) in [6.07, 6.45) is 5.33. The molecule has 0 unspecified atom stereocenters. The number of nitrogens with zero attached hydrogens (tertiary/aromatic N) is 3. The molecule has 4 heteroatoms. The Labute approximate surface area is 125 Å². The van der Waals surface area contributed by atoms with Crippen molar-refractivity contribution in [2.24, 2.45) is 0 Å². The van der Waals surface area contributed by atoms with Gasteiger partial charge in [0.2, 0.25) is 0 Å². The van der Waals surface area contributed by atoms with Gasteiger partial charge in [0.15, 0.2) is 0 Å². The molecule has 2 heterocycles. The summed E-state index contributed by atoms with van der Waals surface area (Å²) in [5.74, 6) is 0. The van der Waals surface area contributed by atoms with E-state index in [1.165, 1.54) is 58.4 Å². The van der Waals surface area contributed by atoms with Crippen LogP contribution in [-0.2, 0) is 4.74 Å². The highest BCUT2D eigenvalue weighted by molar-refractivity contribution is 4.86. The van der Waals surface area contributed by atoms with Gasteiger partial charge in [0.25, 0.3) is 0 Å². The van der Waals surface area contributed by atoms with Crippen LogP contribution in [-0.4, -0.2) is 86.8 Å². The molecule has 0 atom stereocenters. The van der Waals surface area contributed by atoms with Crippen LogP contribution in [0.2, 0.25) is 0 Å². The summed E-state index contributed by atoms with van der Waals surface area (Å²) in [5, 5.41) is 0. The Morgan fingerprint density at radius 3 is 2.05 bits per heavy atom. The number of hydrogen-bond acceptors (Lipinski definition) is 4. The van der Waals surface area contributed by atoms with E-state index in [0.29, 0.717) is 0 Å². The van der Waals surface area contributed by atoms with Crippen LogP contribution in [0.5, 0.6) is 0 Å². The maximum absolute atomic E-state index is 5.35. The zero-order valence-electron chi connectivity index (χ0n) is 13.7. The Bertz CT molecular complexity index is 258. The first-order valence-corrected chi connectivity index (χ1v) is 8.40. The van der Waals surface area contributed by atoms with Gasteiger partial charge in [0.05, 0.1) is 6.61 Å². The molecule has 0 N–H and O–H groups in total. The minimum absolute atomic E-state index is 0.777. The molecule has 0 aliphatic carbocycles. The summed E-state index contributed by atoms with van der Waals surface area (Å²) in [7, 11) is 4.07. The second-order valence-electron chi connectivity index (χ2n) is 6.43. The first kappa shape index (κ1) is 16.2. The zero-order valence-corrected chi connectivity index (χ0v) is 13.7. The molecule has 20 heavy (non-hydrogen) atoms. The molecule has 0 aromatic rings. The number of piperidine rings is 2. The molecule has 2 rings (SSSR count). The third-order valence-electron chi connectivity index (χ3n) is 5.18. The third kappa shape index (κ3) is 4.42. The van der Waals surface area contributed by atoms with Crippen molar-refractivity contribution in [1.82, 2.24) is 14.7 Å². The fourth-order valence-electron chi connectivity index (χ4n) is 3.75. The van der Waals surface area contributed by atoms with Crippen LogP contribution < -0.4 is 0 Å². The fraction of sp³-hybridized carbons (Fsp3) is 1.00. The van der Waals surface area contributed by atoms with Gasteiger partial charge < -0.3 is 14.5 Å². The molecule has 4 nitrogen and oxygen atoms in total. The molecular weight excluding hydrogens is 250 g/mol. The molecule has 2 saturated heterocycles. The summed E-state index contributed by atoms with van der Waals surface area (Å²) < 4.78 is 5.35. The molecule has 0 aromatic heterocycles. The van der Waals surface area contributed by atoms with Gasteiger partial charge >= 0.3 is 0 Å². The van der Waals surface area contributed by atoms with Crippen LogP contribution in [0.3, 0.4) is 0 Å². The molecule has 2 fully saturated rings. The van der Waals surface area contributed by atoms with Crippen molar-refractivity contribution in [3.05, 3.63) is 0 Å². The summed E-state index contributed by atoms with van der Waals surface area (Å²) in [4.78, 5) is 7.83. The maximum Gasteiger partial charge on any atom is 0.0589 e. The van der Waals surface area contributed by atoms with Crippen LogP contribution >= 0.6 is 0 Å². The predicted molar refractivity (Wildman–Crippen MR) is 84.2 cm³/mol. The lowest BCUT2D eigenvalue weighted by Gasteiger charge is -2.44. The topological polar surface area (TPSA) is 19.0 Å². The van der Waals surface area contributed by atoms with Crippen LogP contribution in [0.25, 0.3) is 0 Å². The van der Waals surface area contributed by atoms with E-state index < -0.39 is 0 Å². The largest absolute Gasteiger partial charge is 0.383 e. The fourth-order valence-corrected chi connectivity index (χ4v) is 3.75. The SMILES string of the molecule is CCN1CCC(N(CCOC)C2CCN(C)CC2)CC1. The number of ether oxygens (including phenoxy) is 1. The third-order valence-corrected chi connectivity index (χ3v) is 5.18. The van der Waals surface area contributed by atoms with Crippen molar-refractivity contribution in [3.63, 3.8) is 0 Å². The van der Waals surface area contributed by atoms with Crippen LogP contribution in [0.4, 0.5) is 0 Å². The molecule has 0 bridgehead atoms. The highest BCUT2D eigenvalue weighted by Gasteiger charge is 2.30. The molecule has 0 amide bonds. The molecule has 0 aromatic carbocycles. The van der Waals surface area contributed by atoms with E-state index in [4.69, 9.17) is 4.74 Å². The summed E-state index contributed by atoms with van der Waals surface area (Å²) in [5.41, 5.74) is 0. The minimum atomic E-state index is 0.777. The lowest BCUT2D eigenvalue weighted by atomic mass is 9.96. The van der Waals surface area contributed by atoms with Crippen molar-refractivity contribution in [1.29, 1.82) is 0 Å². The van der Waals surface area contributed by atoms with Gasteiger partial charge in [-0.05, 0) is 65.5 Å². The summed E-state index contributed by atoms with van der Waals surface area (Å²) in [6.45, 7) is 10.5. The van der Waals surface area contributed by atoms with Crippen LogP contribution in [0, 0.1) is 0 Å². The predicted octanol–water partition coefficient (Wildman–Crippen LogP) is 1.51. The second kappa shape index (κ2) is 8.32. The van der Waals surface area contributed by atoms with E-state index in [9.17, 15) is 0 Å². The molecular formula is C16H33N3O. The van der Waals surface area contributed by atoms with E-state index in [2.05, 4.69) is 28.7 Å². The Kier molecular flexibility index (Phi) is 6.75. The summed E-state index contributed by atoms with van der Waals surface area (Å²) >= 11 is 0. The van der Waals surface area contributed by atoms with E-state index in [0.717, 1.165) is 25.2 Å². The normalized spacial score (nSPS) is 24.6. The van der Waals surface area contributed by atoms with E-state index in [-0.39, 0.29) is 0 Å². The minimum Gasteiger partial charge on any atom is -0.383 e. The highest BCUT2D eigenvalue weighted by Crippen LogP contribution is 2.23. The number of hydrogen-bond donors (Lipinski definition) is 0. The average molecular weight is 283 g/mol. The highest BCUT2D eigenvalue weighted by atomic mass is 16.5. The standard InChI is InChI=1S/C16H33N3O/c1-4-18-11-7-16(8-12-18)19(13-14-20-3)15-5-9-17(2)10-6-15/h15-16H,4-14H2,1-3H3. The molecule has 118 valence electrons. The average Bonchev–Trinajstić information content (AvgIpc) is 2.50. The van der Waals surface area contributed by atoms with Gasteiger partial charge in [0.1, 0.15) is 0 Å². The van der Waals surface area contributed by atoms with E-state index in [1.807, 2.05) is 7.11 Å². The van der Waals surface area contributed by atoms with Gasteiger partial charge in [-0.2, -0.15) is 0 Å². The Balaban J connectivity index is 1.89. The van der Waals surface area contributed by atoms with Gasteiger partial charge in [0, 0.05) is 25.7 Å². The zero-order chi connectivity index (χ0) is 14.4. The van der Waals surface area contributed by atoms with Crippen molar-refractivity contribution in [2.45, 2.75) is 44.7 Å². The first-order chi connectivity index (χ1) is 9.74. The van der Waals surface area contributed by atoms with Gasteiger partial charge in [-0.1, -0.05) is 6.92 Å². The molecule has 2 aliphatic heterocycles. The molecule has 2 aliphatic rings. The van der Waals surface area contributed by atoms with Gasteiger partial charge in [-0.25, -0.2) is 0 Å². The Morgan fingerprint density at radius 1 is 1.00 bits per heavy atom. The Morgan fingerprint density at radius 2 is 1.55 bits per heavy atom. The lowest BCUT2D eigenvalue weighted by molar-refractivity contribution is 0.0271. The molecule has 0 spiro atoms. The molecule has 0 radical (unpaired) electrons. The Hall–Kier alpha value is -0.160. The molecule has 0 saturated carbocycles. The van der Waals surface area contributed by atoms with Crippen LogP contribution in [0.15, 0.2) is 0 Å².